The number of amides is 1. The lowest BCUT2D eigenvalue weighted by molar-refractivity contribution is -0.383. The fourth-order valence-corrected chi connectivity index (χ4v) is 3.70. The van der Waals surface area contributed by atoms with E-state index in [1.54, 1.807) is 25.3 Å². The molecule has 0 radical (unpaired) electrons. The third-order valence-corrected chi connectivity index (χ3v) is 5.04. The smallest absolute Gasteiger partial charge is 0.279 e. The van der Waals surface area contributed by atoms with Crippen molar-refractivity contribution in [2.75, 3.05) is 19.0 Å². The van der Waals surface area contributed by atoms with E-state index in [1.165, 1.54) is 29.7 Å². The van der Waals surface area contributed by atoms with Crippen LogP contribution >= 0.6 is 11.3 Å². The van der Waals surface area contributed by atoms with Crippen molar-refractivity contribution in [1.29, 1.82) is 0 Å². The standard InChI is InChI=1S/C19H14N4O5S/c1-27-11-4-5-13-16(9-11)29-19(21-13)22-17(24)10-28-15-7-6-14(23(25)26)12-3-2-8-20-18(12)15/h2-9H,10H2,1H3,(H,21,22,24). The molecule has 2 heterocycles. The predicted octanol–water partition coefficient (Wildman–Crippen LogP) is 3.78. The maximum Gasteiger partial charge on any atom is 0.279 e. The number of nitro groups is 1. The molecule has 0 atom stereocenters. The second-order valence-electron chi connectivity index (χ2n) is 5.93. The highest BCUT2D eigenvalue weighted by atomic mass is 32.1. The van der Waals surface area contributed by atoms with Crippen LogP contribution in [0.3, 0.4) is 0 Å². The van der Waals surface area contributed by atoms with Crippen LogP contribution in [0.5, 0.6) is 11.5 Å². The first kappa shape index (κ1) is 18.6. The molecule has 0 aliphatic carbocycles. The summed E-state index contributed by atoms with van der Waals surface area (Å²) in [6, 6.07) is 11.4. The first-order valence-corrected chi connectivity index (χ1v) is 9.26. The zero-order valence-corrected chi connectivity index (χ0v) is 15.9. The van der Waals surface area contributed by atoms with Crippen molar-refractivity contribution in [1.82, 2.24) is 9.97 Å². The zero-order valence-electron chi connectivity index (χ0n) is 15.1. The van der Waals surface area contributed by atoms with E-state index in [-0.39, 0.29) is 18.0 Å². The summed E-state index contributed by atoms with van der Waals surface area (Å²) < 4.78 is 11.6. The molecule has 29 heavy (non-hydrogen) atoms. The molecule has 0 saturated heterocycles. The van der Waals surface area contributed by atoms with Crippen LogP contribution < -0.4 is 14.8 Å². The number of carbonyl (C=O) groups is 1. The number of nitrogens with one attached hydrogen (secondary N) is 1. The van der Waals surface area contributed by atoms with E-state index < -0.39 is 10.8 Å². The fourth-order valence-electron chi connectivity index (χ4n) is 2.79. The third-order valence-electron chi connectivity index (χ3n) is 4.11. The Morgan fingerprint density at radius 3 is 2.93 bits per heavy atom. The Balaban J connectivity index is 1.49. The lowest BCUT2D eigenvalue weighted by atomic mass is 10.1. The summed E-state index contributed by atoms with van der Waals surface area (Å²) in [6.07, 6.45) is 1.51. The number of anilines is 1. The molecule has 0 fully saturated rings. The molecule has 4 rings (SSSR count). The number of ether oxygens (including phenoxy) is 2. The van der Waals surface area contributed by atoms with Crippen LogP contribution in [0, 0.1) is 10.1 Å². The Morgan fingerprint density at radius 1 is 1.28 bits per heavy atom. The lowest BCUT2D eigenvalue weighted by Gasteiger charge is -2.08. The molecule has 4 aromatic rings. The van der Waals surface area contributed by atoms with E-state index in [0.717, 1.165) is 10.2 Å². The molecule has 9 nitrogen and oxygen atoms in total. The van der Waals surface area contributed by atoms with Crippen molar-refractivity contribution < 1.29 is 19.2 Å². The minimum absolute atomic E-state index is 0.0743. The number of hydrogen-bond acceptors (Lipinski definition) is 8. The Hall–Kier alpha value is -3.79. The molecule has 1 N–H and O–H groups in total. The van der Waals surface area contributed by atoms with Gasteiger partial charge in [-0.05, 0) is 36.4 Å². The van der Waals surface area contributed by atoms with Crippen molar-refractivity contribution in [3.8, 4) is 11.5 Å². The van der Waals surface area contributed by atoms with Crippen molar-refractivity contribution in [2.24, 2.45) is 0 Å². The van der Waals surface area contributed by atoms with Crippen LogP contribution in [0.2, 0.25) is 0 Å². The molecular formula is C19H14N4O5S. The maximum atomic E-state index is 12.3. The first-order chi connectivity index (χ1) is 14.0. The van der Waals surface area contributed by atoms with Crippen molar-refractivity contribution in [2.45, 2.75) is 0 Å². The fraction of sp³-hybridized carbons (Fsp3) is 0.105. The average molecular weight is 410 g/mol. The zero-order chi connectivity index (χ0) is 20.4. The first-order valence-electron chi connectivity index (χ1n) is 8.44. The molecule has 2 aromatic carbocycles. The van der Waals surface area contributed by atoms with Crippen molar-refractivity contribution in [3.63, 3.8) is 0 Å². The van der Waals surface area contributed by atoms with E-state index in [0.29, 0.717) is 21.8 Å². The number of aromatic nitrogens is 2. The molecule has 2 aromatic heterocycles. The number of benzene rings is 2. The molecule has 0 saturated carbocycles. The van der Waals surface area contributed by atoms with Crippen LogP contribution in [-0.4, -0.2) is 34.5 Å². The van der Waals surface area contributed by atoms with Gasteiger partial charge >= 0.3 is 0 Å². The van der Waals surface area contributed by atoms with Gasteiger partial charge in [-0.3, -0.25) is 25.2 Å². The molecule has 146 valence electrons. The Bertz CT molecular complexity index is 1240. The van der Waals surface area contributed by atoms with Gasteiger partial charge in [-0.15, -0.1) is 0 Å². The normalized spacial score (nSPS) is 10.8. The summed E-state index contributed by atoms with van der Waals surface area (Å²) in [6.45, 7) is -0.289. The number of rotatable bonds is 6. The molecule has 0 unspecified atom stereocenters. The van der Waals surface area contributed by atoms with E-state index in [1.807, 2.05) is 12.1 Å². The van der Waals surface area contributed by atoms with Crippen LogP contribution in [0.25, 0.3) is 21.1 Å². The predicted molar refractivity (Wildman–Crippen MR) is 109 cm³/mol. The molecule has 0 aliphatic rings. The number of pyridine rings is 1. The number of nitro benzene ring substituents is 1. The highest BCUT2D eigenvalue weighted by Gasteiger charge is 2.17. The molecule has 1 amide bonds. The molecule has 0 aliphatic heterocycles. The molecule has 0 spiro atoms. The number of non-ortho nitro benzene ring substituents is 1. The van der Waals surface area contributed by atoms with E-state index in [2.05, 4.69) is 15.3 Å². The highest BCUT2D eigenvalue weighted by molar-refractivity contribution is 7.22. The number of fused-ring (bicyclic) bond motifs is 2. The van der Waals surface area contributed by atoms with Crippen molar-refractivity contribution in [3.05, 3.63) is 58.8 Å². The van der Waals surface area contributed by atoms with Gasteiger partial charge in [-0.2, -0.15) is 0 Å². The molecular weight excluding hydrogens is 396 g/mol. The third kappa shape index (κ3) is 3.78. The van der Waals surface area contributed by atoms with Crippen LogP contribution in [0.4, 0.5) is 10.8 Å². The Labute approximate surface area is 168 Å². The number of methoxy groups -OCH3 is 1. The summed E-state index contributed by atoms with van der Waals surface area (Å²) in [7, 11) is 1.58. The summed E-state index contributed by atoms with van der Waals surface area (Å²) >= 11 is 1.32. The molecule has 10 heteroatoms. The SMILES string of the molecule is COc1ccc2nc(NC(=O)COc3ccc([N+](=O)[O-])c4cccnc34)sc2c1. The van der Waals surface area contributed by atoms with Gasteiger partial charge in [0.05, 0.1) is 27.6 Å². The van der Waals surface area contributed by atoms with Crippen LogP contribution in [0.1, 0.15) is 0 Å². The van der Waals surface area contributed by atoms with Gasteiger partial charge in [0.15, 0.2) is 11.7 Å². The number of carbonyl (C=O) groups excluding carboxylic acids is 1. The lowest BCUT2D eigenvalue weighted by Crippen LogP contribution is -2.20. The number of nitrogens with zero attached hydrogens (tertiary/aromatic N) is 3. The van der Waals surface area contributed by atoms with E-state index in [9.17, 15) is 14.9 Å². The maximum absolute atomic E-state index is 12.3. The Morgan fingerprint density at radius 2 is 2.14 bits per heavy atom. The minimum atomic E-state index is -0.484. The van der Waals surface area contributed by atoms with Gasteiger partial charge in [0.1, 0.15) is 17.0 Å². The minimum Gasteiger partial charge on any atom is -0.497 e. The van der Waals surface area contributed by atoms with Gasteiger partial charge in [0, 0.05) is 12.3 Å². The van der Waals surface area contributed by atoms with Crippen molar-refractivity contribution >= 4 is 49.2 Å². The quantitative estimate of drug-likeness (QED) is 0.380. The van der Waals surface area contributed by atoms with Gasteiger partial charge in [-0.25, -0.2) is 4.98 Å². The summed E-state index contributed by atoms with van der Waals surface area (Å²) in [5.74, 6) is 0.591. The van der Waals surface area contributed by atoms with Gasteiger partial charge < -0.3 is 9.47 Å². The topological polar surface area (TPSA) is 116 Å². The summed E-state index contributed by atoms with van der Waals surface area (Å²) in [5.41, 5.74) is 0.994. The second-order valence-corrected chi connectivity index (χ2v) is 6.96. The van der Waals surface area contributed by atoms with E-state index >= 15 is 0 Å². The van der Waals surface area contributed by atoms with Gasteiger partial charge in [0.2, 0.25) is 0 Å². The average Bonchev–Trinajstić information content (AvgIpc) is 3.12. The highest BCUT2D eigenvalue weighted by Crippen LogP contribution is 2.32. The Kier molecular flexibility index (Phi) is 4.92. The van der Waals surface area contributed by atoms with Gasteiger partial charge in [-0.1, -0.05) is 11.3 Å². The number of hydrogen-bond donors (Lipinski definition) is 1. The van der Waals surface area contributed by atoms with Crippen LogP contribution in [0.15, 0.2) is 48.7 Å². The van der Waals surface area contributed by atoms with E-state index in [4.69, 9.17) is 9.47 Å². The van der Waals surface area contributed by atoms with Crippen LogP contribution in [-0.2, 0) is 4.79 Å². The summed E-state index contributed by atoms with van der Waals surface area (Å²) in [5, 5.41) is 14.6. The largest absolute Gasteiger partial charge is 0.497 e. The summed E-state index contributed by atoms with van der Waals surface area (Å²) in [4.78, 5) is 31.5. The number of thiazole rings is 1. The van der Waals surface area contributed by atoms with Gasteiger partial charge in [0.25, 0.3) is 11.6 Å². The second kappa shape index (κ2) is 7.68. The molecule has 0 bridgehead atoms. The monoisotopic (exact) mass is 410 g/mol.